The van der Waals surface area contributed by atoms with Crippen LogP contribution in [0.2, 0.25) is 8.87 Å². The van der Waals surface area contributed by atoms with Gasteiger partial charge in [0.1, 0.15) is 0 Å². The minimum Gasteiger partial charge on any atom is -2.00 e. The van der Waals surface area contributed by atoms with E-state index in [1.165, 1.54) is 116 Å². The Hall–Kier alpha value is 0.759. The van der Waals surface area contributed by atoms with Gasteiger partial charge in [0.05, 0.1) is 0 Å². The normalized spacial score (nSPS) is 10.5. The van der Waals surface area contributed by atoms with Gasteiger partial charge in [0.2, 0.25) is 0 Å². The summed E-state index contributed by atoms with van der Waals surface area (Å²) in [4.78, 5) is 0. The molecule has 0 atom stereocenters. The van der Waals surface area contributed by atoms with Gasteiger partial charge in [0, 0.05) is 0 Å². The molecule has 1 nitrogen and oxygen atoms in total. The fourth-order valence-electron chi connectivity index (χ4n) is 3.60. The summed E-state index contributed by atoms with van der Waals surface area (Å²) < 4.78 is 3.33. The smallest absolute Gasteiger partial charge is 2.00 e. The molecule has 0 spiro atoms. The molecule has 0 heterocycles. The van der Waals surface area contributed by atoms with Crippen LogP contribution in [0.15, 0.2) is 0 Å². The van der Waals surface area contributed by atoms with E-state index < -0.39 is 0 Å². The minimum atomic E-state index is 0. The zero-order valence-electron chi connectivity index (χ0n) is 18.5. The van der Waals surface area contributed by atoms with Gasteiger partial charge in [-0.2, -0.15) is 0 Å². The zero-order chi connectivity index (χ0) is 18.3. The van der Waals surface area contributed by atoms with E-state index in [1.807, 2.05) is 0 Å². The molecule has 0 aliphatic heterocycles. The molecule has 0 N–H and O–H groups in total. The molecule has 0 saturated carbocycles. The Kier molecular flexibility index (Phi) is 31.2. The molecule has 0 saturated heterocycles. The van der Waals surface area contributed by atoms with E-state index >= 15 is 0 Å². The predicted molar refractivity (Wildman–Crippen MR) is 120 cm³/mol. The van der Waals surface area contributed by atoms with Crippen molar-refractivity contribution >= 4 is 21.1 Å². The van der Waals surface area contributed by atoms with Crippen LogP contribution in [0.4, 0.5) is 0 Å². The van der Waals surface area contributed by atoms with Crippen LogP contribution in [0.25, 0.3) is 0 Å². The van der Waals surface area contributed by atoms with Crippen LogP contribution in [0.5, 0.6) is 0 Å². The fourth-order valence-corrected chi connectivity index (χ4v) is 7.17. The Labute approximate surface area is 177 Å². The first-order valence-corrected chi connectivity index (χ1v) is 16.2. The second-order valence-electron chi connectivity index (χ2n) is 8.11. The molecule has 2 heteroatoms. The Morgan fingerprint density at radius 2 is 0.577 bits per heavy atom. The number of hydrogen-bond acceptors (Lipinski definition) is 0. The zero-order valence-corrected chi connectivity index (χ0v) is 21.3. The summed E-state index contributed by atoms with van der Waals surface area (Å²) in [5.41, 5.74) is 0. The third-order valence-corrected chi connectivity index (χ3v) is 9.45. The van der Waals surface area contributed by atoms with Gasteiger partial charge in [-0.15, -0.1) is 0 Å². The summed E-state index contributed by atoms with van der Waals surface area (Å²) in [5, 5.41) is 0. The molecule has 0 aromatic heterocycles. The summed E-state index contributed by atoms with van der Waals surface area (Å²) in [6.07, 6.45) is 29.8. The van der Waals surface area contributed by atoms with Crippen molar-refractivity contribution in [1.82, 2.24) is 0 Å². The van der Waals surface area contributed by atoms with E-state index in [0.29, 0.717) is 0 Å². The predicted octanol–water partition coefficient (Wildman–Crippen LogP) is 9.25. The number of hydrogen-bond donors (Lipinski definition) is 0. The van der Waals surface area contributed by atoms with E-state index in [4.69, 9.17) is 0 Å². The average molecular weight is 473 g/mol. The molecular formula is C24H50OSn. The van der Waals surface area contributed by atoms with E-state index in [0.717, 1.165) is 0 Å². The van der Waals surface area contributed by atoms with Gasteiger partial charge < -0.3 is 5.48 Å². The minimum absolute atomic E-state index is 0. The van der Waals surface area contributed by atoms with Gasteiger partial charge in [-0.1, -0.05) is 0 Å². The second-order valence-corrected chi connectivity index (χ2v) is 12.4. The molecule has 0 aromatic carbocycles. The van der Waals surface area contributed by atoms with Crippen molar-refractivity contribution in [2.45, 2.75) is 151 Å². The van der Waals surface area contributed by atoms with Gasteiger partial charge in [-0.05, 0) is 0 Å². The van der Waals surface area contributed by atoms with Crippen LogP contribution in [0, 0.1) is 0 Å². The monoisotopic (exact) mass is 474 g/mol. The Bertz CT molecular complexity index is 198. The van der Waals surface area contributed by atoms with Gasteiger partial charge >= 0.3 is 172 Å². The van der Waals surface area contributed by atoms with Gasteiger partial charge in [0.15, 0.2) is 0 Å². The van der Waals surface area contributed by atoms with Gasteiger partial charge in [-0.25, -0.2) is 0 Å². The summed E-state index contributed by atoms with van der Waals surface area (Å²) in [6.45, 7) is 4.61. The molecule has 0 rings (SSSR count). The van der Waals surface area contributed by atoms with Crippen LogP contribution in [-0.4, -0.2) is 21.1 Å². The summed E-state index contributed by atoms with van der Waals surface area (Å²) in [7, 11) is 0. The SMILES string of the molecule is CCCCCCCCCCC[CH2][Sn+2][CH2]CCCCCCCCCCC.[O-2]. The third-order valence-electron chi connectivity index (χ3n) is 5.41. The topological polar surface area (TPSA) is 28.5 Å². The van der Waals surface area contributed by atoms with E-state index in [-0.39, 0.29) is 26.6 Å². The first kappa shape index (κ1) is 29.0. The Morgan fingerprint density at radius 1 is 0.346 bits per heavy atom. The standard InChI is InChI=1S/2C12H25.O.Sn/c2*1-3-5-7-9-11-12-10-8-6-4-2;;/h2*1,3-12H2,2H3;;/q;;-2;+2. The van der Waals surface area contributed by atoms with Crippen molar-refractivity contribution in [2.24, 2.45) is 0 Å². The van der Waals surface area contributed by atoms with Gasteiger partial charge in [-0.3, -0.25) is 0 Å². The molecular weight excluding hydrogens is 423 g/mol. The maximum absolute atomic E-state index is 2.31. The maximum atomic E-state index is 2.31. The van der Waals surface area contributed by atoms with Crippen molar-refractivity contribution in [3.05, 3.63) is 0 Å². The van der Waals surface area contributed by atoms with Crippen LogP contribution in [0.1, 0.15) is 142 Å². The Morgan fingerprint density at radius 3 is 0.846 bits per heavy atom. The van der Waals surface area contributed by atoms with Crippen molar-refractivity contribution in [3.8, 4) is 0 Å². The number of rotatable bonds is 22. The molecule has 0 bridgehead atoms. The number of unbranched alkanes of at least 4 members (excludes halogenated alkanes) is 18. The molecule has 0 aliphatic rings. The molecule has 0 amide bonds. The molecule has 0 radical (unpaired) electrons. The van der Waals surface area contributed by atoms with Gasteiger partial charge in [0.25, 0.3) is 0 Å². The second kappa shape index (κ2) is 28.0. The van der Waals surface area contributed by atoms with Crippen molar-refractivity contribution < 1.29 is 5.48 Å². The third kappa shape index (κ3) is 27.0. The average Bonchev–Trinajstić information content (AvgIpc) is 2.63. The first-order chi connectivity index (χ1) is 12.4. The Balaban J connectivity index is 0. The molecule has 0 aliphatic carbocycles. The summed E-state index contributed by atoms with van der Waals surface area (Å²) >= 11 is 0.0377. The van der Waals surface area contributed by atoms with Crippen LogP contribution >= 0.6 is 0 Å². The van der Waals surface area contributed by atoms with Crippen molar-refractivity contribution in [2.75, 3.05) is 0 Å². The molecule has 0 unspecified atom stereocenters. The van der Waals surface area contributed by atoms with Crippen molar-refractivity contribution in [3.63, 3.8) is 0 Å². The quantitative estimate of drug-likeness (QED) is 0.111. The summed E-state index contributed by atoms with van der Waals surface area (Å²) in [6, 6.07) is 0. The van der Waals surface area contributed by atoms with E-state index in [2.05, 4.69) is 13.8 Å². The van der Waals surface area contributed by atoms with Crippen molar-refractivity contribution in [1.29, 1.82) is 0 Å². The molecule has 0 fully saturated rings. The van der Waals surface area contributed by atoms with Crippen LogP contribution in [-0.2, 0) is 5.48 Å². The molecule has 0 aromatic rings. The fraction of sp³-hybridized carbons (Fsp3) is 1.00. The molecule has 156 valence electrons. The van der Waals surface area contributed by atoms with Crippen LogP contribution < -0.4 is 0 Å². The summed E-state index contributed by atoms with van der Waals surface area (Å²) in [5.74, 6) is 0. The van der Waals surface area contributed by atoms with E-state index in [9.17, 15) is 0 Å². The van der Waals surface area contributed by atoms with Crippen LogP contribution in [0.3, 0.4) is 0 Å². The van der Waals surface area contributed by atoms with E-state index in [1.54, 1.807) is 21.7 Å². The first-order valence-electron chi connectivity index (χ1n) is 12.1. The molecule has 26 heavy (non-hydrogen) atoms.